The van der Waals surface area contributed by atoms with Crippen LogP contribution in [-0.4, -0.2) is 25.0 Å². The van der Waals surface area contributed by atoms with E-state index < -0.39 is 0 Å². The van der Waals surface area contributed by atoms with Gasteiger partial charge < -0.3 is 15.5 Å². The number of carbonyl (C=O) groups excluding carboxylic acids is 1. The van der Waals surface area contributed by atoms with Crippen molar-refractivity contribution in [1.29, 1.82) is 5.26 Å². The van der Waals surface area contributed by atoms with Crippen LogP contribution in [0, 0.1) is 11.3 Å². The molecule has 0 unspecified atom stereocenters. The molecule has 3 rings (SSSR count). The number of amides is 1. The molecule has 128 valence electrons. The number of nitriles is 1. The summed E-state index contributed by atoms with van der Waals surface area (Å²) in [6.07, 6.45) is 2.51. The molecule has 25 heavy (non-hydrogen) atoms. The highest BCUT2D eigenvalue weighted by Crippen LogP contribution is 2.22. The number of hydrogen-bond donors (Lipinski definition) is 2. The maximum atomic E-state index is 12.3. The van der Waals surface area contributed by atoms with Crippen molar-refractivity contribution in [3.63, 3.8) is 0 Å². The summed E-state index contributed by atoms with van der Waals surface area (Å²) < 4.78 is 0. The van der Waals surface area contributed by atoms with E-state index in [1.54, 1.807) is 24.3 Å². The highest BCUT2D eigenvalue weighted by atomic mass is 16.2. The quantitative estimate of drug-likeness (QED) is 0.877. The van der Waals surface area contributed by atoms with Crippen molar-refractivity contribution in [1.82, 2.24) is 0 Å². The van der Waals surface area contributed by atoms with E-state index in [0.29, 0.717) is 11.3 Å². The van der Waals surface area contributed by atoms with Gasteiger partial charge in [0.2, 0.25) is 5.91 Å². The highest BCUT2D eigenvalue weighted by molar-refractivity contribution is 5.96. The molecule has 1 heterocycles. The Morgan fingerprint density at radius 2 is 1.64 bits per heavy atom. The van der Waals surface area contributed by atoms with Crippen molar-refractivity contribution < 1.29 is 4.79 Å². The minimum atomic E-state index is -0.367. The van der Waals surface area contributed by atoms with Crippen molar-refractivity contribution >= 4 is 23.0 Å². The Labute approximate surface area is 148 Å². The average Bonchev–Trinajstić information content (AvgIpc) is 3.17. The van der Waals surface area contributed by atoms with Gasteiger partial charge in [0.1, 0.15) is 6.04 Å². The fraction of sp³-hybridized carbons (Fsp3) is 0.300. The average molecular weight is 334 g/mol. The Kier molecular flexibility index (Phi) is 5.20. The fourth-order valence-electron chi connectivity index (χ4n) is 2.94. The van der Waals surface area contributed by atoms with Gasteiger partial charge in [-0.25, -0.2) is 0 Å². The normalized spacial score (nSPS) is 14.6. The lowest BCUT2D eigenvalue weighted by Gasteiger charge is -2.19. The Morgan fingerprint density at radius 3 is 2.24 bits per heavy atom. The van der Waals surface area contributed by atoms with Crippen molar-refractivity contribution in [3.8, 4) is 6.07 Å². The van der Waals surface area contributed by atoms with Crippen LogP contribution in [0.25, 0.3) is 0 Å². The molecule has 0 bridgehead atoms. The van der Waals surface area contributed by atoms with Gasteiger partial charge in [-0.05, 0) is 68.3 Å². The molecular weight excluding hydrogens is 312 g/mol. The van der Waals surface area contributed by atoms with E-state index in [1.807, 2.05) is 19.1 Å². The van der Waals surface area contributed by atoms with Gasteiger partial charge in [0.05, 0.1) is 11.6 Å². The van der Waals surface area contributed by atoms with Crippen LogP contribution >= 0.6 is 0 Å². The molecule has 2 aromatic rings. The molecule has 1 saturated heterocycles. The number of anilines is 3. The van der Waals surface area contributed by atoms with Gasteiger partial charge in [-0.1, -0.05) is 0 Å². The molecular formula is C20H22N4O. The zero-order valence-corrected chi connectivity index (χ0v) is 14.3. The monoisotopic (exact) mass is 334 g/mol. The lowest BCUT2D eigenvalue weighted by molar-refractivity contribution is -0.116. The first-order valence-electron chi connectivity index (χ1n) is 8.58. The van der Waals surface area contributed by atoms with Crippen molar-refractivity contribution in [3.05, 3.63) is 54.1 Å². The molecule has 1 aliphatic rings. The molecule has 0 spiro atoms. The summed E-state index contributed by atoms with van der Waals surface area (Å²) in [5, 5.41) is 14.9. The molecule has 2 N–H and O–H groups in total. The summed E-state index contributed by atoms with van der Waals surface area (Å²) >= 11 is 0. The predicted molar refractivity (Wildman–Crippen MR) is 101 cm³/mol. The molecule has 2 aromatic carbocycles. The fourth-order valence-corrected chi connectivity index (χ4v) is 2.94. The van der Waals surface area contributed by atoms with E-state index >= 15 is 0 Å². The maximum Gasteiger partial charge on any atom is 0.246 e. The number of benzene rings is 2. The molecule has 0 aromatic heterocycles. The van der Waals surface area contributed by atoms with Gasteiger partial charge in [0.25, 0.3) is 0 Å². The van der Waals surface area contributed by atoms with Crippen LogP contribution in [0.5, 0.6) is 0 Å². The smallest absolute Gasteiger partial charge is 0.246 e. The van der Waals surface area contributed by atoms with Crippen molar-refractivity contribution in [2.75, 3.05) is 28.6 Å². The van der Waals surface area contributed by atoms with E-state index in [9.17, 15) is 4.79 Å². The third kappa shape index (κ3) is 4.30. The van der Waals surface area contributed by atoms with Crippen LogP contribution in [-0.2, 0) is 4.79 Å². The second kappa shape index (κ2) is 7.71. The Morgan fingerprint density at radius 1 is 1.04 bits per heavy atom. The lowest BCUT2D eigenvalue weighted by atomic mass is 10.2. The zero-order chi connectivity index (χ0) is 17.6. The highest BCUT2D eigenvalue weighted by Gasteiger charge is 2.14. The summed E-state index contributed by atoms with van der Waals surface area (Å²) in [6.45, 7) is 4.07. The van der Waals surface area contributed by atoms with Crippen LogP contribution in [0.1, 0.15) is 25.3 Å². The molecule has 5 heteroatoms. The first-order chi connectivity index (χ1) is 12.2. The van der Waals surface area contributed by atoms with Crippen molar-refractivity contribution in [2.24, 2.45) is 0 Å². The maximum absolute atomic E-state index is 12.3. The van der Waals surface area contributed by atoms with Gasteiger partial charge in [-0.3, -0.25) is 4.79 Å². The lowest BCUT2D eigenvalue weighted by Crippen LogP contribution is -2.31. The van der Waals surface area contributed by atoms with Gasteiger partial charge in [0.15, 0.2) is 0 Å². The first kappa shape index (κ1) is 16.8. The molecule has 5 nitrogen and oxygen atoms in total. The number of nitrogens with one attached hydrogen (secondary N) is 2. The summed E-state index contributed by atoms with van der Waals surface area (Å²) in [7, 11) is 0. The van der Waals surface area contributed by atoms with E-state index in [4.69, 9.17) is 5.26 Å². The zero-order valence-electron chi connectivity index (χ0n) is 14.3. The first-order valence-corrected chi connectivity index (χ1v) is 8.58. The molecule has 0 aliphatic carbocycles. The predicted octanol–water partition coefficient (Wildman–Crippen LogP) is 3.60. The minimum Gasteiger partial charge on any atom is -0.374 e. The third-order valence-electron chi connectivity index (χ3n) is 4.40. The number of hydrogen-bond acceptors (Lipinski definition) is 4. The molecule has 0 saturated carbocycles. The van der Waals surface area contributed by atoms with Gasteiger partial charge in [-0.2, -0.15) is 5.26 Å². The summed E-state index contributed by atoms with van der Waals surface area (Å²) in [5.41, 5.74) is 3.41. The van der Waals surface area contributed by atoms with Crippen LogP contribution in [0.15, 0.2) is 48.5 Å². The van der Waals surface area contributed by atoms with Crippen LogP contribution in [0.2, 0.25) is 0 Å². The summed E-state index contributed by atoms with van der Waals surface area (Å²) in [4.78, 5) is 14.7. The molecule has 0 radical (unpaired) electrons. The largest absolute Gasteiger partial charge is 0.374 e. The molecule has 1 fully saturated rings. The van der Waals surface area contributed by atoms with E-state index in [0.717, 1.165) is 18.8 Å². The minimum absolute atomic E-state index is 0.117. The Balaban J connectivity index is 1.56. The van der Waals surface area contributed by atoms with Crippen LogP contribution in [0.4, 0.5) is 17.1 Å². The van der Waals surface area contributed by atoms with Gasteiger partial charge in [0, 0.05) is 30.2 Å². The van der Waals surface area contributed by atoms with E-state index in [1.165, 1.54) is 18.5 Å². The Bertz CT molecular complexity index is 756. The van der Waals surface area contributed by atoms with Crippen LogP contribution < -0.4 is 15.5 Å². The summed E-state index contributed by atoms with van der Waals surface area (Å²) in [6, 6.07) is 16.7. The third-order valence-corrected chi connectivity index (χ3v) is 4.40. The van der Waals surface area contributed by atoms with Crippen molar-refractivity contribution in [2.45, 2.75) is 25.8 Å². The van der Waals surface area contributed by atoms with Gasteiger partial charge >= 0.3 is 0 Å². The number of nitrogens with zero attached hydrogens (tertiary/aromatic N) is 2. The Hall–Kier alpha value is -3.00. The topological polar surface area (TPSA) is 68.2 Å². The van der Waals surface area contributed by atoms with E-state index in [2.05, 4.69) is 33.7 Å². The molecule has 1 atom stereocenters. The standard InChI is InChI=1S/C20H22N4O/c1-15(20(25)23-18-6-4-16(14-21)5-7-18)22-17-8-10-19(11-9-17)24-12-2-3-13-24/h4-11,15,22H,2-3,12-13H2,1H3,(H,23,25)/t15-/m1/s1. The number of carbonyl (C=O) groups is 1. The van der Waals surface area contributed by atoms with Gasteiger partial charge in [-0.15, -0.1) is 0 Å². The van der Waals surface area contributed by atoms with E-state index in [-0.39, 0.29) is 11.9 Å². The SMILES string of the molecule is C[C@@H](Nc1ccc(N2CCCC2)cc1)C(=O)Nc1ccc(C#N)cc1. The second-order valence-electron chi connectivity index (χ2n) is 6.29. The molecule has 1 aliphatic heterocycles. The number of rotatable bonds is 5. The second-order valence-corrected chi connectivity index (χ2v) is 6.29. The van der Waals surface area contributed by atoms with Crippen LogP contribution in [0.3, 0.4) is 0 Å². The summed E-state index contributed by atoms with van der Waals surface area (Å²) in [5.74, 6) is -0.117. The molecule has 1 amide bonds.